The fourth-order valence-electron chi connectivity index (χ4n) is 3.25. The molecule has 0 radical (unpaired) electrons. The van der Waals surface area contributed by atoms with Crippen LogP contribution in [0.3, 0.4) is 0 Å². The van der Waals surface area contributed by atoms with Crippen molar-refractivity contribution >= 4 is 17.6 Å². The van der Waals surface area contributed by atoms with E-state index < -0.39 is 6.04 Å². The molecule has 2 aliphatic heterocycles. The average Bonchev–Trinajstić information content (AvgIpc) is 2.97. The first-order chi connectivity index (χ1) is 12.1. The van der Waals surface area contributed by atoms with Crippen molar-refractivity contribution in [1.82, 2.24) is 10.2 Å². The molecular formula is C19H25N3O3. The fourth-order valence-corrected chi connectivity index (χ4v) is 3.25. The third kappa shape index (κ3) is 4.02. The number of urea groups is 1. The number of amides is 3. The summed E-state index contributed by atoms with van der Waals surface area (Å²) in [7, 11) is 1.67. The first-order valence-electron chi connectivity index (χ1n) is 8.69. The van der Waals surface area contributed by atoms with Crippen molar-refractivity contribution in [1.29, 1.82) is 0 Å². The highest BCUT2D eigenvalue weighted by atomic mass is 16.5. The quantitative estimate of drug-likeness (QED) is 0.852. The minimum atomic E-state index is -0.446. The summed E-state index contributed by atoms with van der Waals surface area (Å²) < 4.78 is 5.12. The lowest BCUT2D eigenvalue weighted by atomic mass is 10.1. The molecule has 1 aromatic carbocycles. The molecule has 1 unspecified atom stereocenters. The van der Waals surface area contributed by atoms with Crippen LogP contribution in [0.25, 0.3) is 0 Å². The van der Waals surface area contributed by atoms with Crippen molar-refractivity contribution in [3.63, 3.8) is 0 Å². The third-order valence-corrected chi connectivity index (χ3v) is 4.77. The molecule has 0 spiro atoms. The fraction of sp³-hybridized carbons (Fsp3) is 0.474. The normalized spacial score (nSPS) is 20.6. The van der Waals surface area contributed by atoms with Crippen molar-refractivity contribution in [3.8, 4) is 0 Å². The Hall–Kier alpha value is -2.34. The number of carbonyl (C=O) groups is 2. The molecule has 6 nitrogen and oxygen atoms in total. The summed E-state index contributed by atoms with van der Waals surface area (Å²) in [6.07, 6.45) is 3.48. The third-order valence-electron chi connectivity index (χ3n) is 4.77. The molecule has 2 aliphatic rings. The molecule has 25 heavy (non-hydrogen) atoms. The second-order valence-corrected chi connectivity index (χ2v) is 6.61. The lowest BCUT2D eigenvalue weighted by Crippen LogP contribution is -2.49. The summed E-state index contributed by atoms with van der Waals surface area (Å²) >= 11 is 0. The highest BCUT2D eigenvalue weighted by Crippen LogP contribution is 2.22. The molecule has 3 rings (SSSR count). The number of nitrogens with zero attached hydrogens (tertiary/aromatic N) is 2. The van der Waals surface area contributed by atoms with Gasteiger partial charge in [-0.2, -0.15) is 0 Å². The maximum atomic E-state index is 12.6. The number of hydrogen-bond donors (Lipinski definition) is 1. The molecule has 1 N–H and O–H groups in total. The molecular weight excluding hydrogens is 318 g/mol. The molecule has 0 saturated carbocycles. The Morgan fingerprint density at radius 3 is 2.68 bits per heavy atom. The number of methoxy groups -OCH3 is 1. The van der Waals surface area contributed by atoms with Crippen LogP contribution in [0.4, 0.5) is 10.5 Å². The van der Waals surface area contributed by atoms with Crippen molar-refractivity contribution in [2.75, 3.05) is 38.3 Å². The van der Waals surface area contributed by atoms with Gasteiger partial charge in [-0.15, -0.1) is 0 Å². The molecule has 1 aromatic rings. The highest BCUT2D eigenvalue weighted by molar-refractivity contribution is 6.01. The first kappa shape index (κ1) is 17.5. The number of carbonyl (C=O) groups excluding carboxylic acids is 2. The zero-order valence-corrected chi connectivity index (χ0v) is 14.8. The Bertz CT molecular complexity index is 669. The smallest absolute Gasteiger partial charge is 0.318 e. The molecule has 0 aromatic heterocycles. The maximum Gasteiger partial charge on any atom is 0.318 e. The number of nitrogens with one attached hydrogen (secondary N) is 1. The van der Waals surface area contributed by atoms with E-state index in [-0.39, 0.29) is 11.9 Å². The van der Waals surface area contributed by atoms with Crippen LogP contribution in [0.5, 0.6) is 0 Å². The Balaban J connectivity index is 1.56. The standard InChI is InChI=1S/C19H25N3O3/c1-14-3-5-16(6-4-14)22-12-9-17(18(22)23)20-19(24)21-10-7-15(8-11-21)13-25-2/h3-7,17H,8-13H2,1-2H3,(H,20,24). The Labute approximate surface area is 148 Å². The lowest BCUT2D eigenvalue weighted by Gasteiger charge is -2.27. The van der Waals surface area contributed by atoms with Gasteiger partial charge in [0, 0.05) is 32.4 Å². The van der Waals surface area contributed by atoms with Gasteiger partial charge in [0.2, 0.25) is 5.91 Å². The van der Waals surface area contributed by atoms with Gasteiger partial charge in [0.05, 0.1) is 6.61 Å². The van der Waals surface area contributed by atoms with Crippen molar-refractivity contribution in [3.05, 3.63) is 41.5 Å². The van der Waals surface area contributed by atoms with Gasteiger partial charge in [0.15, 0.2) is 0 Å². The molecule has 1 saturated heterocycles. The largest absolute Gasteiger partial charge is 0.380 e. The topological polar surface area (TPSA) is 61.9 Å². The van der Waals surface area contributed by atoms with Crippen LogP contribution in [0.15, 0.2) is 35.9 Å². The van der Waals surface area contributed by atoms with Crippen LogP contribution in [0.2, 0.25) is 0 Å². The summed E-state index contributed by atoms with van der Waals surface area (Å²) in [5.74, 6) is -0.0372. The summed E-state index contributed by atoms with van der Waals surface area (Å²) in [5.41, 5.74) is 3.26. The molecule has 0 aliphatic carbocycles. The van der Waals surface area contributed by atoms with Crippen LogP contribution in [-0.2, 0) is 9.53 Å². The van der Waals surface area contributed by atoms with E-state index in [1.807, 2.05) is 37.3 Å². The Kier molecular flexibility index (Phi) is 5.38. The van der Waals surface area contributed by atoms with Gasteiger partial charge < -0.3 is 19.9 Å². The average molecular weight is 343 g/mol. The highest BCUT2D eigenvalue weighted by Gasteiger charge is 2.34. The number of anilines is 1. The Morgan fingerprint density at radius 2 is 2.04 bits per heavy atom. The zero-order valence-electron chi connectivity index (χ0n) is 14.8. The molecule has 3 amide bonds. The summed E-state index contributed by atoms with van der Waals surface area (Å²) in [5, 5.41) is 2.89. The van der Waals surface area contributed by atoms with Crippen LogP contribution >= 0.6 is 0 Å². The second-order valence-electron chi connectivity index (χ2n) is 6.61. The van der Waals surface area contributed by atoms with E-state index in [0.29, 0.717) is 32.7 Å². The number of aryl methyl sites for hydroxylation is 1. The minimum absolute atomic E-state index is 0.0372. The van der Waals surface area contributed by atoms with E-state index in [4.69, 9.17) is 4.74 Å². The molecule has 134 valence electrons. The minimum Gasteiger partial charge on any atom is -0.380 e. The lowest BCUT2D eigenvalue weighted by molar-refractivity contribution is -0.118. The van der Waals surface area contributed by atoms with E-state index in [2.05, 4.69) is 5.32 Å². The van der Waals surface area contributed by atoms with Gasteiger partial charge in [-0.25, -0.2) is 4.79 Å². The van der Waals surface area contributed by atoms with Crippen molar-refractivity contribution in [2.24, 2.45) is 0 Å². The SMILES string of the molecule is COCC1=CCN(C(=O)NC2CCN(c3ccc(C)cc3)C2=O)CC1. The molecule has 1 fully saturated rings. The number of benzene rings is 1. The number of hydrogen-bond acceptors (Lipinski definition) is 3. The summed E-state index contributed by atoms with van der Waals surface area (Å²) in [6, 6.07) is 7.27. The van der Waals surface area contributed by atoms with Gasteiger partial charge >= 0.3 is 6.03 Å². The summed E-state index contributed by atoms with van der Waals surface area (Å²) in [4.78, 5) is 28.5. The van der Waals surface area contributed by atoms with Gasteiger partial charge in [0.1, 0.15) is 6.04 Å². The van der Waals surface area contributed by atoms with E-state index in [1.165, 1.54) is 5.57 Å². The van der Waals surface area contributed by atoms with Gasteiger partial charge in [0.25, 0.3) is 0 Å². The predicted octanol–water partition coefficient (Wildman–Crippen LogP) is 2.09. The first-order valence-corrected chi connectivity index (χ1v) is 8.69. The number of rotatable bonds is 4. The van der Waals surface area contributed by atoms with Crippen LogP contribution < -0.4 is 10.2 Å². The van der Waals surface area contributed by atoms with Crippen molar-refractivity contribution in [2.45, 2.75) is 25.8 Å². The van der Waals surface area contributed by atoms with Gasteiger partial charge in [-0.1, -0.05) is 23.8 Å². The van der Waals surface area contributed by atoms with Gasteiger partial charge in [-0.3, -0.25) is 4.79 Å². The predicted molar refractivity (Wildman–Crippen MR) is 96.6 cm³/mol. The van der Waals surface area contributed by atoms with Gasteiger partial charge in [-0.05, 0) is 37.5 Å². The Morgan fingerprint density at radius 1 is 1.28 bits per heavy atom. The van der Waals surface area contributed by atoms with Crippen LogP contribution in [0, 0.1) is 6.92 Å². The monoisotopic (exact) mass is 343 g/mol. The van der Waals surface area contributed by atoms with Crippen molar-refractivity contribution < 1.29 is 14.3 Å². The molecule has 0 bridgehead atoms. The molecule has 1 atom stereocenters. The number of ether oxygens (including phenoxy) is 1. The van der Waals surface area contributed by atoms with E-state index >= 15 is 0 Å². The maximum absolute atomic E-state index is 12.6. The van der Waals surface area contributed by atoms with Crippen LogP contribution in [-0.4, -0.2) is 56.2 Å². The van der Waals surface area contributed by atoms with E-state index in [9.17, 15) is 9.59 Å². The van der Waals surface area contributed by atoms with Crippen LogP contribution in [0.1, 0.15) is 18.4 Å². The van der Waals surface area contributed by atoms with E-state index in [0.717, 1.165) is 17.7 Å². The zero-order chi connectivity index (χ0) is 17.8. The second kappa shape index (κ2) is 7.70. The molecule has 6 heteroatoms. The van der Waals surface area contributed by atoms with E-state index in [1.54, 1.807) is 16.9 Å². The summed E-state index contributed by atoms with van der Waals surface area (Å²) in [6.45, 7) is 4.48. The molecule has 2 heterocycles.